The van der Waals surface area contributed by atoms with Crippen molar-refractivity contribution in [3.05, 3.63) is 29.7 Å². The van der Waals surface area contributed by atoms with E-state index in [-0.39, 0.29) is 35.8 Å². The maximum atomic E-state index is 11.9. The van der Waals surface area contributed by atoms with Crippen LogP contribution < -0.4 is 5.73 Å². The molecule has 2 N–H and O–H groups in total. The molecule has 0 atom stereocenters. The Kier molecular flexibility index (Phi) is 2.11. The monoisotopic (exact) mass is 252 g/mol. The minimum absolute atomic E-state index is 0.0835. The van der Waals surface area contributed by atoms with Gasteiger partial charge in [-0.1, -0.05) is 12.1 Å². The van der Waals surface area contributed by atoms with E-state index in [1.807, 2.05) is 0 Å². The predicted molar refractivity (Wildman–Crippen MR) is 71.4 cm³/mol. The predicted octanol–water partition coefficient (Wildman–Crippen LogP) is 2.60. The third kappa shape index (κ3) is 2.94. The zero-order valence-electron chi connectivity index (χ0n) is 14.8. The van der Waals surface area contributed by atoms with Crippen molar-refractivity contribution < 1.29 is 15.0 Å². The molecule has 1 aromatic rings. The highest BCUT2D eigenvalue weighted by atomic mass is 16.6. The molecule has 1 aliphatic rings. The lowest BCUT2D eigenvalue weighted by Crippen LogP contribution is -2.50. The third-order valence-electron chi connectivity index (χ3n) is 2.61. The van der Waals surface area contributed by atoms with Gasteiger partial charge >= 0.3 is 6.09 Å². The van der Waals surface area contributed by atoms with Crippen LogP contribution in [0.1, 0.15) is 37.7 Å². The van der Waals surface area contributed by atoms with Crippen LogP contribution in [-0.2, 0) is 4.74 Å². The normalized spacial score (nSPS) is 19.4. The molecular formula is C14H20N2O2. The lowest BCUT2D eigenvalue weighted by Gasteiger charge is -2.40. The van der Waals surface area contributed by atoms with Crippen LogP contribution in [0.2, 0.25) is 0 Å². The molecular weight excluding hydrogens is 228 g/mol. The Bertz CT molecular complexity index is 593. The van der Waals surface area contributed by atoms with Crippen LogP contribution in [0, 0.1) is 0 Å². The van der Waals surface area contributed by atoms with Gasteiger partial charge in [-0.05, 0) is 38.4 Å². The number of hydrogen-bond donors (Lipinski definition) is 1. The second kappa shape index (κ2) is 4.52. The van der Waals surface area contributed by atoms with E-state index in [2.05, 4.69) is 0 Å². The number of anilines is 1. The molecule has 1 saturated heterocycles. The molecule has 0 bridgehead atoms. The Morgan fingerprint density at radius 2 is 2.17 bits per heavy atom. The molecule has 0 saturated carbocycles. The average Bonchev–Trinajstić information content (AvgIpc) is 2.34. The molecule has 1 fully saturated rings. The molecule has 18 heavy (non-hydrogen) atoms. The largest absolute Gasteiger partial charge is 0.444 e. The molecule has 0 aromatic heterocycles. The molecule has 98 valence electrons. The standard InChI is InChI=1S/C14H20N2O2/c1-14(2,3)18-13(17)16-8-11(9-16)10-5-4-6-12(15)7-10/h4-7,11H,8-9,15H2,1-3H3/i4D,5D,6D,7D. The number of carbonyl (C=O) groups excluding carboxylic acids is 1. The zero-order valence-corrected chi connectivity index (χ0v) is 10.8. The molecule has 0 radical (unpaired) electrons. The number of hydrogen-bond acceptors (Lipinski definition) is 3. The fourth-order valence-corrected chi connectivity index (χ4v) is 1.71. The van der Waals surface area contributed by atoms with Gasteiger partial charge in [0.2, 0.25) is 0 Å². The lowest BCUT2D eigenvalue weighted by molar-refractivity contribution is 0.00820. The number of amides is 1. The topological polar surface area (TPSA) is 55.6 Å². The van der Waals surface area contributed by atoms with Gasteiger partial charge in [0.1, 0.15) is 5.60 Å². The fraction of sp³-hybridized carbons (Fsp3) is 0.500. The third-order valence-corrected chi connectivity index (χ3v) is 2.61. The SMILES string of the molecule is [2H]c1c([2H])c(N)c([2H])c(C2CN(C(=O)OC(C)(C)C)C2)c1[2H]. The number of ether oxygens (including phenoxy) is 1. The summed E-state index contributed by atoms with van der Waals surface area (Å²) in [4.78, 5) is 13.4. The Balaban J connectivity index is 2.16. The maximum Gasteiger partial charge on any atom is 0.410 e. The summed E-state index contributed by atoms with van der Waals surface area (Å²) in [6.45, 7) is 6.00. The highest BCUT2D eigenvalue weighted by Gasteiger charge is 2.34. The summed E-state index contributed by atoms with van der Waals surface area (Å²) in [5.41, 5.74) is 5.33. The zero-order chi connectivity index (χ0) is 16.8. The van der Waals surface area contributed by atoms with Crippen LogP contribution in [-0.4, -0.2) is 29.7 Å². The van der Waals surface area contributed by atoms with Crippen molar-refractivity contribution in [1.29, 1.82) is 0 Å². The van der Waals surface area contributed by atoms with Crippen LogP contribution >= 0.6 is 0 Å². The van der Waals surface area contributed by atoms with E-state index < -0.39 is 11.7 Å². The van der Waals surface area contributed by atoms with Gasteiger partial charge in [0.15, 0.2) is 0 Å². The minimum atomic E-state index is -0.574. The second-order valence-corrected chi connectivity index (χ2v) is 5.41. The quantitative estimate of drug-likeness (QED) is 0.782. The van der Waals surface area contributed by atoms with Gasteiger partial charge in [-0.3, -0.25) is 0 Å². The number of likely N-dealkylation sites (tertiary alicyclic amines) is 1. The van der Waals surface area contributed by atoms with Crippen LogP contribution in [0.15, 0.2) is 24.2 Å². The van der Waals surface area contributed by atoms with Gasteiger partial charge < -0.3 is 15.4 Å². The van der Waals surface area contributed by atoms with E-state index in [4.69, 9.17) is 16.0 Å². The van der Waals surface area contributed by atoms with E-state index >= 15 is 0 Å². The van der Waals surface area contributed by atoms with E-state index in [0.717, 1.165) is 0 Å². The molecule has 1 heterocycles. The summed E-state index contributed by atoms with van der Waals surface area (Å²) in [5, 5.41) is 0. The van der Waals surface area contributed by atoms with Crippen LogP contribution in [0.5, 0.6) is 0 Å². The molecule has 1 aromatic carbocycles. The highest BCUT2D eigenvalue weighted by molar-refractivity contribution is 5.69. The molecule has 1 aliphatic heterocycles. The summed E-state index contributed by atoms with van der Waals surface area (Å²) in [6, 6.07) is -0.806. The smallest absolute Gasteiger partial charge is 0.410 e. The van der Waals surface area contributed by atoms with Crippen molar-refractivity contribution in [2.45, 2.75) is 32.3 Å². The molecule has 4 nitrogen and oxygen atoms in total. The Morgan fingerprint density at radius 3 is 2.78 bits per heavy atom. The van der Waals surface area contributed by atoms with Gasteiger partial charge in [0.25, 0.3) is 0 Å². The van der Waals surface area contributed by atoms with Crippen molar-refractivity contribution in [1.82, 2.24) is 4.90 Å². The first-order valence-corrected chi connectivity index (χ1v) is 5.86. The van der Waals surface area contributed by atoms with Gasteiger partial charge in [-0.2, -0.15) is 0 Å². The van der Waals surface area contributed by atoms with Crippen molar-refractivity contribution in [3.8, 4) is 0 Å². The molecule has 0 unspecified atom stereocenters. The number of rotatable bonds is 1. The molecule has 0 aliphatic carbocycles. The van der Waals surface area contributed by atoms with Crippen molar-refractivity contribution >= 4 is 11.8 Å². The summed E-state index contributed by atoms with van der Waals surface area (Å²) >= 11 is 0. The summed E-state index contributed by atoms with van der Waals surface area (Å²) in [6.07, 6.45) is -0.432. The number of nitrogens with zero attached hydrogens (tertiary/aromatic N) is 1. The Morgan fingerprint density at radius 1 is 1.50 bits per heavy atom. The van der Waals surface area contributed by atoms with Gasteiger partial charge in [0.05, 0.1) is 5.48 Å². The average molecular weight is 252 g/mol. The van der Waals surface area contributed by atoms with Gasteiger partial charge in [-0.15, -0.1) is 0 Å². The summed E-state index contributed by atoms with van der Waals surface area (Å²) in [7, 11) is 0. The molecule has 0 spiro atoms. The first-order valence-electron chi connectivity index (χ1n) is 7.86. The number of nitrogen functional groups attached to an aromatic ring is 1. The molecule has 1 amide bonds. The lowest BCUT2D eigenvalue weighted by atomic mass is 9.91. The number of carbonyl (C=O) groups is 1. The number of nitrogens with two attached hydrogens (primary N) is 1. The van der Waals surface area contributed by atoms with Crippen molar-refractivity contribution in [2.24, 2.45) is 0 Å². The van der Waals surface area contributed by atoms with Gasteiger partial charge in [0, 0.05) is 24.7 Å². The Hall–Kier alpha value is -1.71. The Labute approximate surface area is 113 Å². The second-order valence-electron chi connectivity index (χ2n) is 5.41. The van der Waals surface area contributed by atoms with E-state index in [9.17, 15) is 4.79 Å². The number of benzene rings is 1. The van der Waals surface area contributed by atoms with E-state index in [1.165, 1.54) is 4.90 Å². The molecule has 4 heteroatoms. The molecule has 2 rings (SSSR count). The maximum absolute atomic E-state index is 11.9. The van der Waals surface area contributed by atoms with Crippen molar-refractivity contribution in [3.63, 3.8) is 0 Å². The minimum Gasteiger partial charge on any atom is -0.444 e. The highest BCUT2D eigenvalue weighted by Crippen LogP contribution is 2.29. The fourth-order valence-electron chi connectivity index (χ4n) is 1.71. The van der Waals surface area contributed by atoms with Crippen LogP contribution in [0.4, 0.5) is 10.5 Å². The van der Waals surface area contributed by atoms with Crippen molar-refractivity contribution in [2.75, 3.05) is 18.8 Å². The van der Waals surface area contributed by atoms with E-state index in [0.29, 0.717) is 18.7 Å². The van der Waals surface area contributed by atoms with E-state index in [1.54, 1.807) is 20.8 Å². The first kappa shape index (κ1) is 8.40. The van der Waals surface area contributed by atoms with Crippen LogP contribution in [0.25, 0.3) is 0 Å². The summed E-state index contributed by atoms with van der Waals surface area (Å²) in [5.74, 6) is -0.223. The summed E-state index contributed by atoms with van der Waals surface area (Å²) < 4.78 is 36.5. The van der Waals surface area contributed by atoms with Crippen LogP contribution in [0.3, 0.4) is 0 Å². The van der Waals surface area contributed by atoms with Gasteiger partial charge in [-0.25, -0.2) is 4.79 Å². The first-order chi connectivity index (χ1) is 10.0.